The van der Waals surface area contributed by atoms with Crippen LogP contribution < -0.4 is 0 Å². The Kier molecular flexibility index (Phi) is 3.89. The Morgan fingerprint density at radius 3 is 2.29 bits per heavy atom. The molecule has 0 aromatic heterocycles. The largest absolute Gasteiger partial charge is 0.373 e. The molecule has 0 aliphatic carbocycles. The summed E-state index contributed by atoms with van der Waals surface area (Å²) in [5.74, 6) is -0.199. The number of rotatable bonds is 5. The molecule has 1 atom stereocenters. The van der Waals surface area contributed by atoms with Gasteiger partial charge in [0.25, 0.3) is 0 Å². The summed E-state index contributed by atoms with van der Waals surface area (Å²) in [6, 6.07) is 0.415. The third kappa shape index (κ3) is 3.64. The summed E-state index contributed by atoms with van der Waals surface area (Å²) in [6.07, 6.45) is 0.472. The highest BCUT2D eigenvalue weighted by Crippen LogP contribution is 2.15. The number of epoxide rings is 1. The van der Waals surface area contributed by atoms with Crippen LogP contribution in [0.2, 0.25) is 0 Å². The first-order valence-electron chi connectivity index (χ1n) is 5.11. The molecule has 1 aliphatic rings. The van der Waals surface area contributed by atoms with E-state index < -0.39 is 0 Å². The maximum Gasteiger partial charge on any atom is 0.327 e. The molecule has 0 aromatic rings. The Morgan fingerprint density at radius 2 is 1.93 bits per heavy atom. The van der Waals surface area contributed by atoms with E-state index in [1.165, 1.54) is 0 Å². The van der Waals surface area contributed by atoms with Gasteiger partial charge >= 0.3 is 5.97 Å². The van der Waals surface area contributed by atoms with Crippen molar-refractivity contribution in [1.82, 2.24) is 5.06 Å². The first-order valence-corrected chi connectivity index (χ1v) is 5.11. The maximum absolute atomic E-state index is 11.4. The van der Waals surface area contributed by atoms with E-state index in [1.54, 1.807) is 5.06 Å². The molecule has 0 saturated carbocycles. The van der Waals surface area contributed by atoms with Crippen molar-refractivity contribution in [2.45, 2.75) is 52.3 Å². The van der Waals surface area contributed by atoms with Crippen molar-refractivity contribution in [1.29, 1.82) is 0 Å². The molecule has 1 rings (SSSR count). The minimum absolute atomic E-state index is 0.101. The zero-order valence-corrected chi connectivity index (χ0v) is 9.32. The third-order valence-electron chi connectivity index (χ3n) is 2.02. The van der Waals surface area contributed by atoms with Crippen molar-refractivity contribution >= 4 is 5.97 Å². The predicted octanol–water partition coefficient (Wildman–Crippen LogP) is 1.35. The molecular weight excluding hydrogens is 182 g/mol. The van der Waals surface area contributed by atoms with Crippen LogP contribution >= 0.6 is 0 Å². The molecule has 0 radical (unpaired) electrons. The van der Waals surface area contributed by atoms with Gasteiger partial charge < -0.3 is 9.57 Å². The van der Waals surface area contributed by atoms with Crippen LogP contribution in [-0.2, 0) is 14.4 Å². The van der Waals surface area contributed by atoms with Gasteiger partial charge in [-0.15, -0.1) is 5.06 Å². The van der Waals surface area contributed by atoms with Gasteiger partial charge in [0.1, 0.15) is 0 Å². The molecule has 0 aromatic carbocycles. The summed E-state index contributed by atoms with van der Waals surface area (Å²) >= 11 is 0. The van der Waals surface area contributed by atoms with Gasteiger partial charge in [0.2, 0.25) is 0 Å². The Hall–Kier alpha value is -0.610. The SMILES string of the molecule is CC(C)N(OC(=O)C[C@H]1CO1)C(C)C. The number of carbonyl (C=O) groups excluding carboxylic acids is 1. The maximum atomic E-state index is 11.4. The minimum atomic E-state index is -0.199. The highest BCUT2D eigenvalue weighted by molar-refractivity contribution is 5.70. The highest BCUT2D eigenvalue weighted by Gasteiger charge is 2.28. The van der Waals surface area contributed by atoms with Crippen molar-refractivity contribution in [2.75, 3.05) is 6.61 Å². The lowest BCUT2D eigenvalue weighted by atomic mass is 10.3. The summed E-state index contributed by atoms with van der Waals surface area (Å²) in [6.45, 7) is 8.70. The normalized spacial score (nSPS) is 20.6. The van der Waals surface area contributed by atoms with Crippen molar-refractivity contribution in [3.05, 3.63) is 0 Å². The van der Waals surface area contributed by atoms with Crippen LogP contribution in [0.3, 0.4) is 0 Å². The van der Waals surface area contributed by atoms with E-state index in [0.29, 0.717) is 13.0 Å². The van der Waals surface area contributed by atoms with Gasteiger partial charge in [-0.1, -0.05) is 0 Å². The van der Waals surface area contributed by atoms with E-state index in [2.05, 4.69) is 0 Å². The second-order valence-electron chi connectivity index (χ2n) is 4.17. The van der Waals surface area contributed by atoms with E-state index in [1.807, 2.05) is 27.7 Å². The summed E-state index contributed by atoms with van der Waals surface area (Å²) in [5.41, 5.74) is 0. The molecule has 4 heteroatoms. The second-order valence-corrected chi connectivity index (χ2v) is 4.17. The summed E-state index contributed by atoms with van der Waals surface area (Å²) in [4.78, 5) is 16.6. The fourth-order valence-electron chi connectivity index (χ4n) is 1.33. The van der Waals surface area contributed by atoms with E-state index in [4.69, 9.17) is 9.57 Å². The molecule has 0 unspecified atom stereocenters. The number of nitrogens with zero attached hydrogens (tertiary/aromatic N) is 1. The quantitative estimate of drug-likeness (QED) is 0.497. The van der Waals surface area contributed by atoms with Gasteiger partial charge in [-0.05, 0) is 27.7 Å². The van der Waals surface area contributed by atoms with Crippen LogP contribution in [0.4, 0.5) is 0 Å². The zero-order valence-electron chi connectivity index (χ0n) is 9.32. The molecule has 0 spiro atoms. The topological polar surface area (TPSA) is 42.1 Å². The highest BCUT2D eigenvalue weighted by atomic mass is 16.7. The standard InChI is InChI=1S/C10H19NO3/c1-7(2)11(8(3)4)14-10(12)5-9-6-13-9/h7-9H,5-6H2,1-4H3/t9-/m0/s1. The lowest BCUT2D eigenvalue weighted by molar-refractivity contribution is -0.209. The van der Waals surface area contributed by atoms with E-state index in [9.17, 15) is 4.79 Å². The van der Waals surface area contributed by atoms with Gasteiger partial charge in [-0.3, -0.25) is 4.79 Å². The summed E-state index contributed by atoms with van der Waals surface area (Å²) < 4.78 is 4.96. The van der Waals surface area contributed by atoms with Crippen LogP contribution in [0.25, 0.3) is 0 Å². The Labute approximate surface area is 85.1 Å². The molecule has 1 heterocycles. The van der Waals surface area contributed by atoms with Gasteiger partial charge in [0.05, 0.1) is 19.1 Å². The molecule has 1 saturated heterocycles. The van der Waals surface area contributed by atoms with Crippen LogP contribution in [0.5, 0.6) is 0 Å². The molecular formula is C10H19NO3. The fraction of sp³-hybridized carbons (Fsp3) is 0.900. The number of hydrogen-bond donors (Lipinski definition) is 0. The molecule has 82 valence electrons. The van der Waals surface area contributed by atoms with Gasteiger partial charge in [-0.2, -0.15) is 0 Å². The number of carbonyl (C=O) groups is 1. The first kappa shape index (κ1) is 11.5. The molecule has 1 aliphatic heterocycles. The average Bonchev–Trinajstić information content (AvgIpc) is 2.82. The van der Waals surface area contributed by atoms with Crippen molar-refractivity contribution in [3.63, 3.8) is 0 Å². The predicted molar refractivity (Wildman–Crippen MR) is 52.6 cm³/mol. The number of ether oxygens (including phenoxy) is 1. The van der Waals surface area contributed by atoms with Crippen LogP contribution in [-0.4, -0.2) is 35.8 Å². The molecule has 14 heavy (non-hydrogen) atoms. The monoisotopic (exact) mass is 201 g/mol. The van der Waals surface area contributed by atoms with Gasteiger partial charge in [-0.25, -0.2) is 0 Å². The summed E-state index contributed by atoms with van der Waals surface area (Å²) in [7, 11) is 0. The lowest BCUT2D eigenvalue weighted by Gasteiger charge is -2.28. The molecule has 0 bridgehead atoms. The average molecular weight is 201 g/mol. The van der Waals surface area contributed by atoms with E-state index >= 15 is 0 Å². The van der Waals surface area contributed by atoms with Crippen molar-refractivity contribution in [3.8, 4) is 0 Å². The smallest absolute Gasteiger partial charge is 0.327 e. The van der Waals surface area contributed by atoms with Crippen molar-refractivity contribution < 1.29 is 14.4 Å². The molecule has 0 amide bonds. The first-order chi connectivity index (χ1) is 6.50. The van der Waals surface area contributed by atoms with E-state index in [0.717, 1.165) is 0 Å². The molecule has 0 N–H and O–H groups in total. The Morgan fingerprint density at radius 1 is 1.43 bits per heavy atom. The number of hydrogen-bond acceptors (Lipinski definition) is 4. The van der Waals surface area contributed by atoms with Crippen molar-refractivity contribution in [2.24, 2.45) is 0 Å². The van der Waals surface area contributed by atoms with Crippen LogP contribution in [0, 0.1) is 0 Å². The number of hydroxylamine groups is 2. The van der Waals surface area contributed by atoms with Crippen LogP contribution in [0.15, 0.2) is 0 Å². The Bertz CT molecular complexity index is 192. The van der Waals surface area contributed by atoms with Gasteiger partial charge in [0, 0.05) is 12.1 Å². The van der Waals surface area contributed by atoms with Gasteiger partial charge in [0.15, 0.2) is 0 Å². The summed E-state index contributed by atoms with van der Waals surface area (Å²) in [5, 5.41) is 1.71. The molecule has 1 fully saturated rings. The third-order valence-corrected chi connectivity index (χ3v) is 2.02. The minimum Gasteiger partial charge on any atom is -0.373 e. The van der Waals surface area contributed by atoms with Crippen LogP contribution in [0.1, 0.15) is 34.1 Å². The van der Waals surface area contributed by atoms with E-state index in [-0.39, 0.29) is 24.2 Å². The lowest BCUT2D eigenvalue weighted by Crippen LogP contribution is -2.39. The Balaban J connectivity index is 2.33. The zero-order chi connectivity index (χ0) is 10.7. The molecule has 4 nitrogen and oxygen atoms in total. The fourth-order valence-corrected chi connectivity index (χ4v) is 1.33. The second kappa shape index (κ2) is 4.75.